The lowest BCUT2D eigenvalue weighted by molar-refractivity contribution is -0.385. The van der Waals surface area contributed by atoms with Gasteiger partial charge in [-0.25, -0.2) is 0 Å². The average Bonchev–Trinajstić information content (AvgIpc) is 2.28. The van der Waals surface area contributed by atoms with Crippen LogP contribution in [0.3, 0.4) is 0 Å². The van der Waals surface area contributed by atoms with Crippen molar-refractivity contribution < 1.29 is 14.4 Å². The molecule has 0 saturated carbocycles. The number of rotatable bonds is 4. The highest BCUT2D eigenvalue weighted by atomic mass is 16.6. The van der Waals surface area contributed by atoms with Crippen molar-refractivity contribution in [2.45, 2.75) is 0 Å². The predicted molar refractivity (Wildman–Crippen MR) is 59.7 cm³/mol. The topological polar surface area (TPSA) is 74.0 Å². The van der Waals surface area contributed by atoms with E-state index in [4.69, 9.17) is 9.47 Å². The maximum Gasteiger partial charge on any atom is 0.282 e. The second-order valence-electron chi connectivity index (χ2n) is 2.91. The minimum Gasteiger partial charge on any atom is -0.493 e. The van der Waals surface area contributed by atoms with Crippen LogP contribution in [0.15, 0.2) is 17.1 Å². The molecule has 1 aromatic carbocycles. The van der Waals surface area contributed by atoms with E-state index in [0.29, 0.717) is 17.1 Å². The lowest BCUT2D eigenvalue weighted by Crippen LogP contribution is -1.98. The minimum absolute atomic E-state index is 0.0664. The van der Waals surface area contributed by atoms with Crippen LogP contribution < -0.4 is 9.47 Å². The summed E-state index contributed by atoms with van der Waals surface area (Å²) in [5.41, 5.74) is 0.313. The molecule has 16 heavy (non-hydrogen) atoms. The summed E-state index contributed by atoms with van der Waals surface area (Å²) in [6.07, 6.45) is 1.40. The van der Waals surface area contributed by atoms with Crippen molar-refractivity contribution in [3.63, 3.8) is 0 Å². The molecule has 0 spiro atoms. The van der Waals surface area contributed by atoms with Crippen LogP contribution in [0, 0.1) is 10.1 Å². The second kappa shape index (κ2) is 5.11. The highest BCUT2D eigenvalue weighted by Gasteiger charge is 2.17. The highest BCUT2D eigenvalue weighted by molar-refractivity contribution is 5.86. The molecular weight excluding hydrogens is 212 g/mol. The molecule has 6 heteroatoms. The number of aliphatic imine (C=N–C) groups is 1. The number of hydrogen-bond acceptors (Lipinski definition) is 5. The van der Waals surface area contributed by atoms with Gasteiger partial charge >= 0.3 is 0 Å². The average molecular weight is 224 g/mol. The molecule has 0 radical (unpaired) electrons. The Balaban J connectivity index is 3.41. The number of nitro groups is 1. The Hall–Kier alpha value is -2.11. The minimum atomic E-state index is -0.487. The van der Waals surface area contributed by atoms with Gasteiger partial charge in [-0.1, -0.05) is 0 Å². The Kier molecular flexibility index (Phi) is 3.82. The third kappa shape index (κ3) is 2.28. The first-order valence-electron chi connectivity index (χ1n) is 4.46. The zero-order valence-electron chi connectivity index (χ0n) is 9.26. The molecule has 1 aromatic rings. The first-order chi connectivity index (χ1) is 7.63. The van der Waals surface area contributed by atoms with Crippen LogP contribution in [0.25, 0.3) is 0 Å². The first kappa shape index (κ1) is 12.0. The summed E-state index contributed by atoms with van der Waals surface area (Å²) in [6, 6.07) is 2.83. The van der Waals surface area contributed by atoms with Gasteiger partial charge in [0.25, 0.3) is 5.69 Å². The van der Waals surface area contributed by atoms with Crippen LogP contribution in [0.1, 0.15) is 5.56 Å². The van der Waals surface area contributed by atoms with E-state index in [1.54, 1.807) is 7.05 Å². The maximum absolute atomic E-state index is 10.8. The number of methoxy groups -OCH3 is 2. The first-order valence-corrected chi connectivity index (χ1v) is 4.46. The predicted octanol–water partition coefficient (Wildman–Crippen LogP) is 1.66. The molecule has 0 aromatic heterocycles. The van der Waals surface area contributed by atoms with Gasteiger partial charge < -0.3 is 9.47 Å². The number of benzene rings is 1. The van der Waals surface area contributed by atoms with Gasteiger partial charge in [-0.15, -0.1) is 0 Å². The highest BCUT2D eigenvalue weighted by Crippen LogP contribution is 2.33. The number of nitrogens with zero attached hydrogens (tertiary/aromatic N) is 2. The third-order valence-electron chi connectivity index (χ3n) is 2.00. The van der Waals surface area contributed by atoms with Crippen molar-refractivity contribution in [3.05, 3.63) is 27.8 Å². The van der Waals surface area contributed by atoms with Crippen molar-refractivity contribution in [2.24, 2.45) is 4.99 Å². The van der Waals surface area contributed by atoms with Gasteiger partial charge in [-0.05, 0) is 6.07 Å². The quantitative estimate of drug-likeness (QED) is 0.443. The summed E-state index contributed by atoms with van der Waals surface area (Å²) in [5.74, 6) is 0.755. The number of hydrogen-bond donors (Lipinski definition) is 0. The summed E-state index contributed by atoms with van der Waals surface area (Å²) >= 11 is 0. The second-order valence-corrected chi connectivity index (χ2v) is 2.91. The molecule has 0 atom stereocenters. The largest absolute Gasteiger partial charge is 0.493 e. The van der Waals surface area contributed by atoms with Crippen molar-refractivity contribution in [1.29, 1.82) is 0 Å². The van der Waals surface area contributed by atoms with Gasteiger partial charge in [-0.3, -0.25) is 15.1 Å². The monoisotopic (exact) mass is 224 g/mol. The van der Waals surface area contributed by atoms with Crippen molar-refractivity contribution in [1.82, 2.24) is 0 Å². The van der Waals surface area contributed by atoms with Gasteiger partial charge in [0, 0.05) is 13.3 Å². The van der Waals surface area contributed by atoms with Crippen LogP contribution in [-0.2, 0) is 0 Å². The fourth-order valence-corrected chi connectivity index (χ4v) is 1.28. The van der Waals surface area contributed by atoms with E-state index in [0.717, 1.165) is 0 Å². The summed E-state index contributed by atoms with van der Waals surface area (Å²) in [5, 5.41) is 10.8. The van der Waals surface area contributed by atoms with Crippen LogP contribution in [0.2, 0.25) is 0 Å². The van der Waals surface area contributed by atoms with E-state index in [1.165, 1.54) is 32.6 Å². The van der Waals surface area contributed by atoms with Crippen LogP contribution >= 0.6 is 0 Å². The molecule has 86 valence electrons. The summed E-state index contributed by atoms with van der Waals surface area (Å²) < 4.78 is 10.0. The fourth-order valence-electron chi connectivity index (χ4n) is 1.28. The van der Waals surface area contributed by atoms with Gasteiger partial charge in [0.15, 0.2) is 11.5 Å². The number of nitro benzene ring substituents is 1. The standard InChI is InChI=1S/C10H12N2O4/c1-11-6-7-4-9(15-2)10(16-3)5-8(7)12(13)14/h4-6H,1-3H3/b11-6+. The Morgan fingerprint density at radius 2 is 1.88 bits per heavy atom. The lowest BCUT2D eigenvalue weighted by atomic mass is 10.1. The molecule has 0 aliphatic heterocycles. The Bertz CT molecular complexity index is 429. The Morgan fingerprint density at radius 1 is 1.31 bits per heavy atom. The molecule has 0 fully saturated rings. The summed E-state index contributed by atoms with van der Waals surface area (Å²) in [4.78, 5) is 14.1. The van der Waals surface area contributed by atoms with E-state index in [1.807, 2.05) is 0 Å². The van der Waals surface area contributed by atoms with Crippen molar-refractivity contribution >= 4 is 11.9 Å². The molecule has 6 nitrogen and oxygen atoms in total. The molecule has 0 N–H and O–H groups in total. The van der Waals surface area contributed by atoms with Crippen molar-refractivity contribution in [2.75, 3.05) is 21.3 Å². The maximum atomic E-state index is 10.8. The smallest absolute Gasteiger partial charge is 0.282 e. The van der Waals surface area contributed by atoms with E-state index in [-0.39, 0.29) is 5.69 Å². The molecule has 0 saturated heterocycles. The number of ether oxygens (including phenoxy) is 2. The van der Waals surface area contributed by atoms with Crippen LogP contribution in [0.5, 0.6) is 11.5 Å². The zero-order chi connectivity index (χ0) is 12.1. The molecular formula is C10H12N2O4. The fraction of sp³-hybridized carbons (Fsp3) is 0.300. The molecule has 0 amide bonds. The molecule has 1 rings (SSSR count). The molecule has 0 aliphatic rings. The summed E-state index contributed by atoms with van der Waals surface area (Å²) in [6.45, 7) is 0. The molecule has 0 bridgehead atoms. The third-order valence-corrected chi connectivity index (χ3v) is 2.00. The summed E-state index contributed by atoms with van der Waals surface area (Å²) in [7, 11) is 4.44. The molecule has 0 heterocycles. The van der Waals surface area contributed by atoms with Crippen LogP contribution in [0.4, 0.5) is 5.69 Å². The molecule has 0 aliphatic carbocycles. The molecule has 0 unspecified atom stereocenters. The van der Waals surface area contributed by atoms with Crippen molar-refractivity contribution in [3.8, 4) is 11.5 Å². The SMILES string of the molecule is C/N=C/c1cc(OC)c(OC)cc1[N+](=O)[O-]. The lowest BCUT2D eigenvalue weighted by Gasteiger charge is -2.08. The van der Waals surface area contributed by atoms with Crippen LogP contribution in [-0.4, -0.2) is 32.4 Å². The zero-order valence-corrected chi connectivity index (χ0v) is 9.26. The van der Waals surface area contributed by atoms with E-state index < -0.39 is 4.92 Å². The Morgan fingerprint density at radius 3 is 2.31 bits per heavy atom. The van der Waals surface area contributed by atoms with Gasteiger partial charge in [0.2, 0.25) is 0 Å². The van der Waals surface area contributed by atoms with Gasteiger partial charge in [0.1, 0.15) is 0 Å². The normalized spacial score (nSPS) is 10.4. The Labute approximate surface area is 92.7 Å². The van der Waals surface area contributed by atoms with E-state index in [2.05, 4.69) is 4.99 Å². The van der Waals surface area contributed by atoms with Gasteiger partial charge in [0.05, 0.1) is 30.8 Å². The van der Waals surface area contributed by atoms with E-state index >= 15 is 0 Å². The van der Waals surface area contributed by atoms with Gasteiger partial charge in [-0.2, -0.15) is 0 Å². The van der Waals surface area contributed by atoms with E-state index in [9.17, 15) is 10.1 Å².